The van der Waals surface area contributed by atoms with E-state index in [1.54, 1.807) is 17.7 Å². The third-order valence-corrected chi connectivity index (χ3v) is 5.34. The van der Waals surface area contributed by atoms with E-state index in [1.165, 1.54) is 16.8 Å². The minimum Gasteiger partial charge on any atom is -0.340 e. The number of hydrogen-bond acceptors (Lipinski definition) is 3. The van der Waals surface area contributed by atoms with Crippen LogP contribution in [0.1, 0.15) is 41.3 Å². The number of nitrogens with zero attached hydrogens (tertiary/aromatic N) is 4. The summed E-state index contributed by atoms with van der Waals surface area (Å²) in [6.45, 7) is 5.01. The van der Waals surface area contributed by atoms with Gasteiger partial charge in [0.25, 0.3) is 5.56 Å². The summed E-state index contributed by atoms with van der Waals surface area (Å²) in [6.07, 6.45) is 4.01. The van der Waals surface area contributed by atoms with Crippen LogP contribution in [0.4, 0.5) is 0 Å². The van der Waals surface area contributed by atoms with Gasteiger partial charge in [0.2, 0.25) is 0 Å². The molecule has 24 heavy (non-hydrogen) atoms. The average molecular weight is 324 g/mol. The molecule has 1 aliphatic heterocycles. The van der Waals surface area contributed by atoms with Crippen LogP contribution >= 0.6 is 0 Å². The molecule has 5 nitrogen and oxygen atoms in total. The molecule has 0 radical (unpaired) electrons. The van der Waals surface area contributed by atoms with Crippen molar-refractivity contribution in [1.29, 1.82) is 5.26 Å². The molecule has 2 aromatic heterocycles. The van der Waals surface area contributed by atoms with Crippen molar-refractivity contribution in [3.63, 3.8) is 0 Å². The van der Waals surface area contributed by atoms with Gasteiger partial charge in [-0.05, 0) is 62.0 Å². The molecule has 3 heterocycles. The van der Waals surface area contributed by atoms with Gasteiger partial charge in [0.1, 0.15) is 11.8 Å². The highest BCUT2D eigenvalue weighted by Gasteiger charge is 2.22. The third-order valence-electron chi connectivity index (χ3n) is 5.34. The fourth-order valence-electron chi connectivity index (χ4n) is 3.51. The second-order valence-corrected chi connectivity index (χ2v) is 6.77. The van der Waals surface area contributed by atoms with E-state index in [2.05, 4.69) is 24.0 Å². The predicted octanol–water partition coefficient (Wildman–Crippen LogP) is 2.28. The van der Waals surface area contributed by atoms with Crippen LogP contribution < -0.4 is 5.56 Å². The second kappa shape index (κ2) is 6.66. The first-order valence-corrected chi connectivity index (χ1v) is 8.44. The first kappa shape index (κ1) is 16.5. The van der Waals surface area contributed by atoms with Gasteiger partial charge in [0, 0.05) is 38.6 Å². The van der Waals surface area contributed by atoms with Crippen molar-refractivity contribution < 1.29 is 0 Å². The van der Waals surface area contributed by atoms with Crippen molar-refractivity contribution in [2.75, 3.05) is 13.1 Å². The van der Waals surface area contributed by atoms with E-state index >= 15 is 0 Å². The maximum Gasteiger partial charge on any atom is 0.250 e. The molecule has 1 fully saturated rings. The first-order valence-electron chi connectivity index (χ1n) is 8.44. The van der Waals surface area contributed by atoms with Crippen LogP contribution in [0.3, 0.4) is 0 Å². The van der Waals surface area contributed by atoms with Gasteiger partial charge in [0.05, 0.1) is 0 Å². The van der Waals surface area contributed by atoms with E-state index in [0.717, 1.165) is 38.2 Å². The van der Waals surface area contributed by atoms with Crippen LogP contribution in [0.5, 0.6) is 0 Å². The quantitative estimate of drug-likeness (QED) is 0.870. The molecule has 0 aromatic carbocycles. The van der Waals surface area contributed by atoms with Gasteiger partial charge in [-0.3, -0.25) is 9.69 Å². The molecule has 0 N–H and O–H groups in total. The zero-order chi connectivity index (χ0) is 17.3. The van der Waals surface area contributed by atoms with Crippen LogP contribution in [0.15, 0.2) is 29.2 Å². The van der Waals surface area contributed by atoms with Gasteiger partial charge in [-0.2, -0.15) is 5.26 Å². The largest absolute Gasteiger partial charge is 0.340 e. The maximum atomic E-state index is 11.8. The molecule has 2 aromatic rings. The normalized spacial score (nSPS) is 16.2. The smallest absolute Gasteiger partial charge is 0.250 e. The van der Waals surface area contributed by atoms with Gasteiger partial charge in [-0.25, -0.2) is 0 Å². The van der Waals surface area contributed by atoms with E-state index in [4.69, 9.17) is 5.26 Å². The number of aryl methyl sites for hydroxylation is 1. The molecule has 1 saturated heterocycles. The maximum absolute atomic E-state index is 11.8. The van der Waals surface area contributed by atoms with E-state index in [0.29, 0.717) is 5.92 Å². The Morgan fingerprint density at radius 3 is 2.54 bits per heavy atom. The standard InChI is InChI=1S/C19H24N4O/c1-14-17(10-18(12-20)22(14)3)13-23-8-5-15(6-9-23)16-4-7-21(2)19(24)11-16/h4,7,10-11,15H,5-6,8-9,13H2,1-3H3. The summed E-state index contributed by atoms with van der Waals surface area (Å²) in [5, 5.41) is 9.15. The highest BCUT2D eigenvalue weighted by Crippen LogP contribution is 2.28. The van der Waals surface area contributed by atoms with Crippen LogP contribution in [-0.4, -0.2) is 27.1 Å². The monoisotopic (exact) mass is 324 g/mol. The van der Waals surface area contributed by atoms with Gasteiger partial charge >= 0.3 is 0 Å². The fraction of sp³-hybridized carbons (Fsp3) is 0.474. The molecule has 0 unspecified atom stereocenters. The Kier molecular flexibility index (Phi) is 4.59. The topological polar surface area (TPSA) is 54.0 Å². The number of nitriles is 1. The molecule has 3 rings (SSSR count). The molecular weight excluding hydrogens is 300 g/mol. The Morgan fingerprint density at radius 1 is 1.25 bits per heavy atom. The van der Waals surface area contributed by atoms with E-state index in [-0.39, 0.29) is 5.56 Å². The number of aromatic nitrogens is 2. The second-order valence-electron chi connectivity index (χ2n) is 6.77. The van der Waals surface area contributed by atoms with Crippen molar-refractivity contribution in [3.05, 3.63) is 57.3 Å². The van der Waals surface area contributed by atoms with Crippen LogP contribution in [-0.2, 0) is 20.6 Å². The molecule has 1 aliphatic rings. The number of piperidine rings is 1. The fourth-order valence-corrected chi connectivity index (χ4v) is 3.51. The lowest BCUT2D eigenvalue weighted by molar-refractivity contribution is 0.204. The Balaban J connectivity index is 1.64. The number of pyridine rings is 1. The molecule has 0 bridgehead atoms. The van der Waals surface area contributed by atoms with Crippen molar-refractivity contribution in [1.82, 2.24) is 14.0 Å². The van der Waals surface area contributed by atoms with E-state index < -0.39 is 0 Å². The summed E-state index contributed by atoms with van der Waals surface area (Å²) in [5.74, 6) is 0.474. The lowest BCUT2D eigenvalue weighted by Crippen LogP contribution is -2.33. The van der Waals surface area contributed by atoms with Crippen LogP contribution in [0.25, 0.3) is 0 Å². The van der Waals surface area contributed by atoms with Gasteiger partial charge in [0.15, 0.2) is 0 Å². The van der Waals surface area contributed by atoms with Crippen LogP contribution in [0.2, 0.25) is 0 Å². The molecule has 0 aliphatic carbocycles. The van der Waals surface area contributed by atoms with E-state index in [9.17, 15) is 4.79 Å². The van der Waals surface area contributed by atoms with E-state index in [1.807, 2.05) is 23.9 Å². The summed E-state index contributed by atoms with van der Waals surface area (Å²) in [7, 11) is 3.73. The highest BCUT2D eigenvalue weighted by molar-refractivity contribution is 5.34. The Labute approximate surface area is 142 Å². The zero-order valence-electron chi connectivity index (χ0n) is 14.6. The first-order chi connectivity index (χ1) is 11.5. The molecule has 0 atom stereocenters. The Bertz CT molecular complexity index is 832. The number of hydrogen-bond donors (Lipinski definition) is 0. The molecular formula is C19H24N4O. The molecule has 126 valence electrons. The molecule has 0 spiro atoms. The Morgan fingerprint density at radius 2 is 1.96 bits per heavy atom. The van der Waals surface area contributed by atoms with Crippen molar-refractivity contribution in [3.8, 4) is 6.07 Å². The summed E-state index contributed by atoms with van der Waals surface area (Å²) in [5.41, 5.74) is 4.36. The van der Waals surface area contributed by atoms with Gasteiger partial charge in [-0.15, -0.1) is 0 Å². The third kappa shape index (κ3) is 3.15. The summed E-state index contributed by atoms with van der Waals surface area (Å²) >= 11 is 0. The minimum absolute atomic E-state index is 0.0684. The average Bonchev–Trinajstić information content (AvgIpc) is 2.86. The van der Waals surface area contributed by atoms with Crippen molar-refractivity contribution in [2.45, 2.75) is 32.2 Å². The Hall–Kier alpha value is -2.32. The van der Waals surface area contributed by atoms with Crippen molar-refractivity contribution in [2.24, 2.45) is 14.1 Å². The molecule has 0 amide bonds. The minimum atomic E-state index is 0.0684. The van der Waals surface area contributed by atoms with Gasteiger partial charge in [-0.1, -0.05) is 0 Å². The highest BCUT2D eigenvalue weighted by atomic mass is 16.1. The summed E-state index contributed by atoms with van der Waals surface area (Å²) in [6, 6.07) is 8.10. The molecule has 5 heteroatoms. The zero-order valence-corrected chi connectivity index (χ0v) is 14.6. The summed E-state index contributed by atoms with van der Waals surface area (Å²) < 4.78 is 3.57. The predicted molar refractivity (Wildman–Crippen MR) is 93.8 cm³/mol. The lowest BCUT2D eigenvalue weighted by atomic mass is 9.90. The SMILES string of the molecule is Cc1c(CN2CCC(c3ccn(C)c(=O)c3)CC2)cc(C#N)n1C. The summed E-state index contributed by atoms with van der Waals surface area (Å²) in [4.78, 5) is 14.3. The molecule has 0 saturated carbocycles. The van der Waals surface area contributed by atoms with Crippen LogP contribution in [0, 0.1) is 18.3 Å². The van der Waals surface area contributed by atoms with Gasteiger partial charge < -0.3 is 9.13 Å². The number of rotatable bonds is 3. The number of likely N-dealkylation sites (tertiary alicyclic amines) is 1. The van der Waals surface area contributed by atoms with Crippen molar-refractivity contribution >= 4 is 0 Å². The lowest BCUT2D eigenvalue weighted by Gasteiger charge is -2.32.